The molecule has 2 aromatic heterocycles. The summed E-state index contributed by atoms with van der Waals surface area (Å²) in [5.41, 5.74) is 1.35. The van der Waals surface area contributed by atoms with Crippen molar-refractivity contribution in [3.8, 4) is 0 Å². The zero-order valence-corrected chi connectivity index (χ0v) is 15.5. The Bertz CT molecular complexity index is 793. The number of rotatable bonds is 6. The molecule has 0 amide bonds. The zero-order valence-electron chi connectivity index (χ0n) is 13.9. The summed E-state index contributed by atoms with van der Waals surface area (Å²) in [4.78, 5) is 20.2. The summed E-state index contributed by atoms with van der Waals surface area (Å²) >= 11 is 3.35. The van der Waals surface area contributed by atoms with Crippen LogP contribution in [0.1, 0.15) is 29.7 Å². The number of methoxy groups -OCH3 is 1. The first-order valence-electron chi connectivity index (χ1n) is 8.56. The third-order valence-electron chi connectivity index (χ3n) is 4.73. The van der Waals surface area contributed by atoms with E-state index in [1.807, 2.05) is 0 Å². The SMILES string of the molecule is COCCn1c(SC[C@H]2CCCO2)nc2sc3c(c2c1=O)CCC3. The Hall–Kier alpha value is -0.890. The Morgan fingerprint density at radius 2 is 2.33 bits per heavy atom. The van der Waals surface area contributed by atoms with Crippen LogP contribution < -0.4 is 5.56 Å². The highest BCUT2D eigenvalue weighted by Crippen LogP contribution is 2.35. The fraction of sp³-hybridized carbons (Fsp3) is 0.647. The third kappa shape index (κ3) is 3.03. The fourth-order valence-corrected chi connectivity index (χ4v) is 5.88. The van der Waals surface area contributed by atoms with Gasteiger partial charge in [-0.2, -0.15) is 0 Å². The van der Waals surface area contributed by atoms with Crippen molar-refractivity contribution in [2.24, 2.45) is 0 Å². The van der Waals surface area contributed by atoms with Crippen LogP contribution in [0.25, 0.3) is 10.2 Å². The first kappa shape index (κ1) is 16.6. The summed E-state index contributed by atoms with van der Waals surface area (Å²) in [7, 11) is 1.67. The molecule has 2 aliphatic rings. The first-order chi connectivity index (χ1) is 11.8. The molecular formula is C17H22N2O3S2. The number of hydrogen-bond donors (Lipinski definition) is 0. The number of hydrogen-bond acceptors (Lipinski definition) is 6. The van der Waals surface area contributed by atoms with Crippen LogP contribution in [0.15, 0.2) is 9.95 Å². The van der Waals surface area contributed by atoms with E-state index in [4.69, 9.17) is 14.5 Å². The molecule has 3 heterocycles. The molecule has 0 unspecified atom stereocenters. The standard InChI is InChI=1S/C17H22N2O3S2/c1-21-9-7-19-16(20)14-12-5-2-6-13(12)24-15(14)18-17(19)23-10-11-4-3-8-22-11/h11H,2-10H2,1H3/t11-/m1/s1. The maximum Gasteiger partial charge on any atom is 0.263 e. The fourth-order valence-electron chi connectivity index (χ4n) is 3.49. The molecule has 1 fully saturated rings. The largest absolute Gasteiger partial charge is 0.383 e. The quantitative estimate of drug-likeness (QED) is 0.581. The number of fused-ring (bicyclic) bond motifs is 3. The Kier molecular flexibility index (Phi) is 4.94. The molecule has 2 aromatic rings. The average Bonchev–Trinajstić information content (AvgIpc) is 3.28. The lowest BCUT2D eigenvalue weighted by Crippen LogP contribution is -2.25. The number of ether oxygens (including phenoxy) is 2. The summed E-state index contributed by atoms with van der Waals surface area (Å²) in [5, 5.41) is 1.66. The van der Waals surface area contributed by atoms with Crippen molar-refractivity contribution in [3.63, 3.8) is 0 Å². The molecule has 130 valence electrons. The minimum atomic E-state index is 0.103. The van der Waals surface area contributed by atoms with E-state index >= 15 is 0 Å². The number of aromatic nitrogens is 2. The van der Waals surface area contributed by atoms with Gasteiger partial charge >= 0.3 is 0 Å². The lowest BCUT2D eigenvalue weighted by molar-refractivity contribution is 0.128. The molecule has 4 rings (SSSR count). The van der Waals surface area contributed by atoms with E-state index in [0.717, 1.165) is 59.8 Å². The summed E-state index contributed by atoms with van der Waals surface area (Å²) in [6, 6.07) is 0. The number of thiophene rings is 1. The summed E-state index contributed by atoms with van der Waals surface area (Å²) in [5.74, 6) is 0.857. The Morgan fingerprint density at radius 3 is 3.12 bits per heavy atom. The maximum absolute atomic E-state index is 13.1. The van der Waals surface area contributed by atoms with Crippen molar-refractivity contribution in [1.29, 1.82) is 0 Å². The molecule has 24 heavy (non-hydrogen) atoms. The van der Waals surface area contributed by atoms with E-state index in [9.17, 15) is 4.79 Å². The van der Waals surface area contributed by atoms with E-state index in [1.165, 1.54) is 10.4 Å². The summed E-state index contributed by atoms with van der Waals surface area (Å²) in [6.07, 6.45) is 5.78. The second-order valence-corrected chi connectivity index (χ2v) is 8.40. The molecule has 1 saturated heterocycles. The molecule has 0 radical (unpaired) electrons. The molecule has 0 spiro atoms. The third-order valence-corrected chi connectivity index (χ3v) is 7.03. The van der Waals surface area contributed by atoms with E-state index < -0.39 is 0 Å². The molecule has 0 N–H and O–H groups in total. The number of thioether (sulfide) groups is 1. The predicted molar refractivity (Wildman–Crippen MR) is 97.5 cm³/mol. The first-order valence-corrected chi connectivity index (χ1v) is 10.4. The van der Waals surface area contributed by atoms with Crippen molar-refractivity contribution >= 4 is 33.3 Å². The van der Waals surface area contributed by atoms with E-state index in [2.05, 4.69) is 0 Å². The lowest BCUT2D eigenvalue weighted by Gasteiger charge is -2.13. The van der Waals surface area contributed by atoms with Crippen LogP contribution in [0.3, 0.4) is 0 Å². The van der Waals surface area contributed by atoms with Crippen LogP contribution in [-0.2, 0) is 28.9 Å². The highest BCUT2D eigenvalue weighted by Gasteiger charge is 2.24. The molecule has 1 aliphatic heterocycles. The van der Waals surface area contributed by atoms with Crippen LogP contribution in [-0.4, -0.2) is 41.7 Å². The van der Waals surface area contributed by atoms with Gasteiger partial charge < -0.3 is 9.47 Å². The zero-order chi connectivity index (χ0) is 16.5. The molecule has 0 saturated carbocycles. The monoisotopic (exact) mass is 366 g/mol. The minimum Gasteiger partial charge on any atom is -0.383 e. The highest BCUT2D eigenvalue weighted by atomic mass is 32.2. The molecule has 0 aromatic carbocycles. The van der Waals surface area contributed by atoms with Gasteiger partial charge in [-0.3, -0.25) is 9.36 Å². The van der Waals surface area contributed by atoms with Gasteiger partial charge in [0.15, 0.2) is 5.16 Å². The Balaban J connectivity index is 1.71. The van der Waals surface area contributed by atoms with Crippen LogP contribution >= 0.6 is 23.1 Å². The second kappa shape index (κ2) is 7.15. The molecular weight excluding hydrogens is 344 g/mol. The molecule has 7 heteroatoms. The average molecular weight is 367 g/mol. The van der Waals surface area contributed by atoms with Gasteiger partial charge in [0.05, 0.1) is 24.6 Å². The highest BCUT2D eigenvalue weighted by molar-refractivity contribution is 7.99. The van der Waals surface area contributed by atoms with Crippen LogP contribution in [0.4, 0.5) is 0 Å². The normalized spacial score (nSPS) is 20.1. The van der Waals surface area contributed by atoms with Crippen molar-refractivity contribution in [2.75, 3.05) is 26.1 Å². The minimum absolute atomic E-state index is 0.103. The number of nitrogens with zero attached hydrogens (tertiary/aromatic N) is 2. The topological polar surface area (TPSA) is 53.4 Å². The lowest BCUT2D eigenvalue weighted by atomic mass is 10.2. The second-order valence-electron chi connectivity index (χ2n) is 6.33. The molecule has 0 bridgehead atoms. The summed E-state index contributed by atoms with van der Waals surface area (Å²) in [6.45, 7) is 1.93. The van der Waals surface area contributed by atoms with E-state index in [-0.39, 0.29) is 11.7 Å². The van der Waals surface area contributed by atoms with Gasteiger partial charge in [0.25, 0.3) is 5.56 Å². The van der Waals surface area contributed by atoms with Crippen molar-refractivity contribution in [3.05, 3.63) is 20.8 Å². The van der Waals surface area contributed by atoms with Gasteiger partial charge in [-0.1, -0.05) is 11.8 Å². The van der Waals surface area contributed by atoms with Gasteiger partial charge in [0.1, 0.15) is 4.83 Å². The van der Waals surface area contributed by atoms with Crippen LogP contribution in [0, 0.1) is 0 Å². The van der Waals surface area contributed by atoms with Crippen LogP contribution in [0.2, 0.25) is 0 Å². The Morgan fingerprint density at radius 1 is 1.42 bits per heavy atom. The maximum atomic E-state index is 13.1. The van der Waals surface area contributed by atoms with Crippen LogP contribution in [0.5, 0.6) is 0 Å². The van der Waals surface area contributed by atoms with Gasteiger partial charge in [-0.15, -0.1) is 11.3 Å². The van der Waals surface area contributed by atoms with Gasteiger partial charge in [0, 0.05) is 24.3 Å². The van der Waals surface area contributed by atoms with Gasteiger partial charge in [-0.05, 0) is 37.7 Å². The Labute approximate surface area is 149 Å². The van der Waals surface area contributed by atoms with E-state index in [0.29, 0.717) is 13.2 Å². The van der Waals surface area contributed by atoms with Crippen molar-refractivity contribution < 1.29 is 9.47 Å². The smallest absolute Gasteiger partial charge is 0.263 e. The van der Waals surface area contributed by atoms with Gasteiger partial charge in [0.2, 0.25) is 0 Å². The molecule has 1 aliphatic carbocycles. The molecule has 5 nitrogen and oxygen atoms in total. The summed E-state index contributed by atoms with van der Waals surface area (Å²) < 4.78 is 12.7. The van der Waals surface area contributed by atoms with Crippen molar-refractivity contribution in [2.45, 2.75) is 49.9 Å². The van der Waals surface area contributed by atoms with Crippen molar-refractivity contribution in [1.82, 2.24) is 9.55 Å². The van der Waals surface area contributed by atoms with E-state index in [1.54, 1.807) is 34.8 Å². The van der Waals surface area contributed by atoms with Gasteiger partial charge in [-0.25, -0.2) is 4.98 Å². The predicted octanol–water partition coefficient (Wildman–Crippen LogP) is 2.86. The molecule has 1 atom stereocenters. The number of aryl methyl sites for hydroxylation is 2.